The Morgan fingerprint density at radius 2 is 0.901 bits per heavy atom. The average Bonchev–Trinajstić information content (AvgIpc) is 4.10. The molecule has 4 heterocycles. The molecule has 0 bridgehead atoms. The Morgan fingerprint density at radius 1 is 0.310 bits per heavy atom. The van der Waals surface area contributed by atoms with Gasteiger partial charge in [0, 0.05) is 54.5 Å². The summed E-state index contributed by atoms with van der Waals surface area (Å²) in [6.07, 6.45) is 0. The lowest BCUT2D eigenvalue weighted by atomic mass is 10.0. The highest BCUT2D eigenvalue weighted by Crippen LogP contribution is 2.45. The average molecular weight is 906 g/mol. The van der Waals surface area contributed by atoms with Gasteiger partial charge in [-0.15, -0.1) is 0 Å². The van der Waals surface area contributed by atoms with Gasteiger partial charge in [0.1, 0.15) is 11.2 Å². The summed E-state index contributed by atoms with van der Waals surface area (Å²) in [5.41, 5.74) is 12.6. The summed E-state index contributed by atoms with van der Waals surface area (Å²) in [4.78, 5) is 16.8. The maximum Gasteiger partial charge on any atom is 0.170 e. The standard InChI is InChI=1S/C65H39N5O/c1-3-17-40(18-4-1)42-22-15-23-45(37-42)63-66-64(52-29-16-32-56-59(52)51-28-12-14-31-55(51)69(56)46-24-5-2-6-25-46)68-65(67-63)60-57(36-35-50-49-34-33-41-19-9-10-26-47(41)61(49)71-62(50)60)70-54-30-13-11-27-48(54)53-38-43-20-7-8-21-44(43)39-58(53)70/h1-39H. The van der Waals surface area contributed by atoms with Crippen molar-refractivity contribution in [2.24, 2.45) is 0 Å². The maximum atomic E-state index is 7.32. The molecule has 0 N–H and O–H groups in total. The number of fused-ring (bicyclic) bond motifs is 12. The molecular formula is C65H39N5O. The topological polar surface area (TPSA) is 61.7 Å². The smallest absolute Gasteiger partial charge is 0.170 e. The van der Waals surface area contributed by atoms with Crippen LogP contribution in [0.25, 0.3) is 144 Å². The summed E-state index contributed by atoms with van der Waals surface area (Å²) in [7, 11) is 0. The zero-order valence-electron chi connectivity index (χ0n) is 38.2. The summed E-state index contributed by atoms with van der Waals surface area (Å²) in [5.74, 6) is 1.63. The molecule has 6 heteroatoms. The molecule has 0 aliphatic rings. The molecule has 0 radical (unpaired) electrons. The van der Waals surface area contributed by atoms with Crippen LogP contribution in [0.1, 0.15) is 0 Å². The van der Waals surface area contributed by atoms with E-state index in [1.165, 1.54) is 5.39 Å². The van der Waals surface area contributed by atoms with Crippen molar-refractivity contribution in [1.29, 1.82) is 0 Å². The minimum atomic E-state index is 0.509. The molecule has 330 valence electrons. The second-order valence-corrected chi connectivity index (χ2v) is 18.3. The van der Waals surface area contributed by atoms with E-state index >= 15 is 0 Å². The van der Waals surface area contributed by atoms with Crippen molar-refractivity contribution < 1.29 is 4.42 Å². The predicted octanol–water partition coefficient (Wildman–Crippen LogP) is 16.9. The zero-order chi connectivity index (χ0) is 46.6. The number of nitrogens with zero attached hydrogens (tertiary/aromatic N) is 5. The van der Waals surface area contributed by atoms with Gasteiger partial charge >= 0.3 is 0 Å². The van der Waals surface area contributed by atoms with Crippen molar-refractivity contribution in [3.8, 4) is 56.7 Å². The van der Waals surface area contributed by atoms with Crippen molar-refractivity contribution in [3.05, 3.63) is 237 Å². The summed E-state index contributed by atoms with van der Waals surface area (Å²) < 4.78 is 12.0. The molecule has 11 aromatic carbocycles. The molecule has 0 saturated carbocycles. The van der Waals surface area contributed by atoms with E-state index in [9.17, 15) is 0 Å². The van der Waals surface area contributed by atoms with E-state index in [0.29, 0.717) is 23.1 Å². The van der Waals surface area contributed by atoms with Crippen molar-refractivity contribution in [1.82, 2.24) is 24.1 Å². The van der Waals surface area contributed by atoms with Crippen molar-refractivity contribution in [3.63, 3.8) is 0 Å². The van der Waals surface area contributed by atoms with Crippen LogP contribution in [0.2, 0.25) is 0 Å². The third kappa shape index (κ3) is 6.05. The van der Waals surface area contributed by atoms with Crippen molar-refractivity contribution >= 4 is 87.1 Å². The van der Waals surface area contributed by atoms with Gasteiger partial charge < -0.3 is 13.6 Å². The van der Waals surface area contributed by atoms with Crippen LogP contribution in [0.15, 0.2) is 241 Å². The molecule has 0 aliphatic heterocycles. The van der Waals surface area contributed by atoms with E-state index in [1.807, 2.05) is 6.07 Å². The minimum absolute atomic E-state index is 0.509. The molecule has 15 aromatic rings. The first-order chi connectivity index (χ1) is 35.2. The summed E-state index contributed by atoms with van der Waals surface area (Å²) in [5, 5.41) is 11.0. The number of para-hydroxylation sites is 3. The van der Waals surface area contributed by atoms with Crippen LogP contribution in [0.3, 0.4) is 0 Å². The molecule has 71 heavy (non-hydrogen) atoms. The van der Waals surface area contributed by atoms with Gasteiger partial charge in [-0.3, -0.25) is 0 Å². The lowest BCUT2D eigenvalue weighted by Crippen LogP contribution is -2.04. The second-order valence-electron chi connectivity index (χ2n) is 18.3. The number of hydrogen-bond acceptors (Lipinski definition) is 4. The molecule has 0 unspecified atom stereocenters. The molecule has 4 aromatic heterocycles. The fourth-order valence-corrected chi connectivity index (χ4v) is 11.1. The Kier molecular flexibility index (Phi) is 8.56. The number of furan rings is 1. The third-order valence-electron chi connectivity index (χ3n) is 14.3. The molecule has 0 aliphatic carbocycles. The van der Waals surface area contributed by atoms with E-state index in [4.69, 9.17) is 19.4 Å². The largest absolute Gasteiger partial charge is 0.455 e. The minimum Gasteiger partial charge on any atom is -0.455 e. The van der Waals surface area contributed by atoms with E-state index in [1.54, 1.807) is 0 Å². The number of hydrogen-bond donors (Lipinski definition) is 0. The van der Waals surface area contributed by atoms with Gasteiger partial charge in [0.05, 0.1) is 33.3 Å². The summed E-state index contributed by atoms with van der Waals surface area (Å²) in [6, 6.07) is 83.8. The first kappa shape index (κ1) is 39.4. The van der Waals surface area contributed by atoms with Gasteiger partial charge in [0.2, 0.25) is 0 Å². The Bertz CT molecular complexity index is 4640. The Morgan fingerprint density at radius 3 is 1.73 bits per heavy atom. The van der Waals surface area contributed by atoms with E-state index in [-0.39, 0.29) is 0 Å². The highest BCUT2D eigenvalue weighted by atomic mass is 16.3. The van der Waals surface area contributed by atoms with Gasteiger partial charge in [-0.1, -0.05) is 170 Å². The van der Waals surface area contributed by atoms with Gasteiger partial charge in [0.25, 0.3) is 0 Å². The van der Waals surface area contributed by atoms with Gasteiger partial charge in [0.15, 0.2) is 17.5 Å². The molecule has 6 nitrogen and oxygen atoms in total. The maximum absolute atomic E-state index is 7.32. The van der Waals surface area contributed by atoms with Gasteiger partial charge in [-0.25, -0.2) is 15.0 Å². The van der Waals surface area contributed by atoms with E-state index in [0.717, 1.165) is 115 Å². The number of benzene rings is 11. The summed E-state index contributed by atoms with van der Waals surface area (Å²) in [6.45, 7) is 0. The molecule has 0 atom stereocenters. The Labute approximate surface area is 407 Å². The SMILES string of the molecule is c1ccc(-c2cccc(-c3nc(-c4c(-n5c6ccccc6c6cc7ccccc7cc65)ccc5c4oc4c6ccccc6ccc54)nc(-c4cccc5c4c4ccccc4n5-c4ccccc4)n3)c2)cc1. The molecule has 0 saturated heterocycles. The normalized spacial score (nSPS) is 11.9. The lowest BCUT2D eigenvalue weighted by molar-refractivity contribution is 0.673. The molecular weight excluding hydrogens is 867 g/mol. The summed E-state index contributed by atoms with van der Waals surface area (Å²) >= 11 is 0. The monoisotopic (exact) mass is 905 g/mol. The zero-order valence-corrected chi connectivity index (χ0v) is 38.2. The van der Waals surface area contributed by atoms with Crippen LogP contribution < -0.4 is 0 Å². The van der Waals surface area contributed by atoms with Crippen LogP contribution >= 0.6 is 0 Å². The fraction of sp³-hybridized carbons (Fsp3) is 0. The quantitative estimate of drug-likeness (QED) is 0.167. The van der Waals surface area contributed by atoms with Gasteiger partial charge in [-0.05, 0) is 94.0 Å². The Hall–Kier alpha value is -9.65. The van der Waals surface area contributed by atoms with Crippen molar-refractivity contribution in [2.75, 3.05) is 0 Å². The van der Waals surface area contributed by atoms with Crippen molar-refractivity contribution in [2.45, 2.75) is 0 Å². The van der Waals surface area contributed by atoms with E-state index < -0.39 is 0 Å². The van der Waals surface area contributed by atoms with Crippen LogP contribution in [-0.4, -0.2) is 24.1 Å². The lowest BCUT2D eigenvalue weighted by Gasteiger charge is -2.16. The van der Waals surface area contributed by atoms with Crippen LogP contribution in [0.5, 0.6) is 0 Å². The molecule has 15 rings (SSSR count). The first-order valence-electron chi connectivity index (χ1n) is 24.0. The highest BCUT2D eigenvalue weighted by Gasteiger charge is 2.26. The molecule has 0 fully saturated rings. The van der Waals surface area contributed by atoms with Crippen LogP contribution in [0, 0.1) is 0 Å². The Balaban J connectivity index is 1.09. The molecule has 0 spiro atoms. The highest BCUT2D eigenvalue weighted by molar-refractivity contribution is 6.20. The fourth-order valence-electron chi connectivity index (χ4n) is 11.1. The van der Waals surface area contributed by atoms with Crippen LogP contribution in [0.4, 0.5) is 0 Å². The first-order valence-corrected chi connectivity index (χ1v) is 24.0. The van der Waals surface area contributed by atoms with Gasteiger partial charge in [-0.2, -0.15) is 0 Å². The van der Waals surface area contributed by atoms with E-state index in [2.05, 4.69) is 240 Å². The third-order valence-corrected chi connectivity index (χ3v) is 14.3. The predicted molar refractivity (Wildman–Crippen MR) is 293 cm³/mol. The number of rotatable bonds is 6. The van der Waals surface area contributed by atoms with Crippen LogP contribution in [-0.2, 0) is 0 Å². The molecule has 0 amide bonds. The second kappa shape index (κ2) is 15.4. The number of aromatic nitrogens is 5.